The molecule has 0 radical (unpaired) electrons. The number of carbonyl (C=O) groups is 3. The number of ether oxygens (including phenoxy) is 5. The van der Waals surface area contributed by atoms with E-state index in [1.807, 2.05) is 27.7 Å². The lowest BCUT2D eigenvalue weighted by Crippen LogP contribution is -2.66. The number of rotatable bonds is 9. The number of carbonyl (C=O) groups excluding carboxylic acids is 2. The maximum Gasteiger partial charge on any atom is 0.316 e. The molecule has 0 spiro atoms. The fourth-order valence-electron chi connectivity index (χ4n) is 10.5. The summed E-state index contributed by atoms with van der Waals surface area (Å²) in [6, 6.07) is 0. The quantitative estimate of drug-likeness (QED) is 0.240. The molecule has 41 heavy (non-hydrogen) atoms. The van der Waals surface area contributed by atoms with Crippen LogP contribution in [-0.2, 0) is 38.1 Å². The number of aliphatic hydroxyl groups excluding tert-OH is 1. The van der Waals surface area contributed by atoms with Gasteiger partial charge < -0.3 is 34.0 Å². The second-order valence-electron chi connectivity index (χ2n) is 14.5. The van der Waals surface area contributed by atoms with Crippen LogP contribution in [0.3, 0.4) is 0 Å². The molecular weight excluding hydrogens is 532 g/mol. The average molecular weight is 575 g/mol. The summed E-state index contributed by atoms with van der Waals surface area (Å²) in [6.07, 6.45) is 1.44. The maximum absolute atomic E-state index is 13.7. The van der Waals surface area contributed by atoms with Crippen molar-refractivity contribution >= 4 is 18.2 Å². The van der Waals surface area contributed by atoms with Crippen LogP contribution in [0.15, 0.2) is 11.6 Å². The summed E-state index contributed by atoms with van der Waals surface area (Å²) < 4.78 is 30.1. The lowest BCUT2D eigenvalue weighted by atomic mass is 9.43. The number of aliphatic hydroxyl groups is 1. The van der Waals surface area contributed by atoms with Crippen molar-refractivity contribution in [1.29, 1.82) is 0 Å². The Labute approximate surface area is 240 Å². The van der Waals surface area contributed by atoms with Crippen LogP contribution >= 0.6 is 0 Å². The van der Waals surface area contributed by atoms with E-state index in [1.54, 1.807) is 0 Å². The van der Waals surface area contributed by atoms with Crippen molar-refractivity contribution < 1.29 is 48.3 Å². The molecule has 0 aromatic carbocycles. The van der Waals surface area contributed by atoms with Crippen molar-refractivity contribution in [2.75, 3.05) is 6.61 Å². The highest BCUT2D eigenvalue weighted by molar-refractivity contribution is 5.90. The molecule has 0 amide bonds. The summed E-state index contributed by atoms with van der Waals surface area (Å²) in [4.78, 5) is 39.3. The molecule has 8 bridgehead atoms. The molecule has 0 aromatic rings. The molecular formula is C31H42O10. The molecule has 13 unspecified atom stereocenters. The van der Waals surface area contributed by atoms with E-state index in [-0.39, 0.29) is 42.6 Å². The van der Waals surface area contributed by atoms with Crippen LogP contribution in [0, 0.1) is 51.8 Å². The number of carboxylic acids is 1. The predicted octanol–water partition coefficient (Wildman–Crippen LogP) is 3.05. The van der Waals surface area contributed by atoms with Gasteiger partial charge in [0.1, 0.15) is 17.8 Å². The Hall–Kier alpha value is -1.85. The minimum Gasteiger partial charge on any atom is -0.481 e. The number of allylic oxidation sites excluding steroid dienone is 1. The molecule has 7 fully saturated rings. The van der Waals surface area contributed by atoms with Crippen LogP contribution in [0.2, 0.25) is 0 Å². The molecule has 4 aliphatic carbocycles. The first-order valence-electron chi connectivity index (χ1n) is 15.3. The van der Waals surface area contributed by atoms with Gasteiger partial charge in [-0.05, 0) is 54.8 Å². The van der Waals surface area contributed by atoms with Crippen molar-refractivity contribution in [2.45, 2.75) is 103 Å². The third kappa shape index (κ3) is 3.18. The van der Waals surface area contributed by atoms with E-state index in [0.29, 0.717) is 18.8 Å². The molecule has 8 aliphatic rings. The number of hydrogen-bond donors (Lipinski definition) is 2. The highest BCUT2D eigenvalue weighted by atomic mass is 17.0. The maximum atomic E-state index is 13.7. The Morgan fingerprint density at radius 1 is 1.15 bits per heavy atom. The number of aldehydes is 1. The van der Waals surface area contributed by atoms with Crippen LogP contribution in [0.4, 0.5) is 0 Å². The van der Waals surface area contributed by atoms with Crippen molar-refractivity contribution in [2.24, 2.45) is 51.8 Å². The van der Waals surface area contributed by atoms with E-state index in [9.17, 15) is 24.6 Å². The first-order valence-corrected chi connectivity index (χ1v) is 15.3. The van der Waals surface area contributed by atoms with Crippen LogP contribution in [0.1, 0.15) is 66.7 Å². The zero-order chi connectivity index (χ0) is 29.3. The van der Waals surface area contributed by atoms with E-state index >= 15 is 0 Å². The number of hydrogen-bond acceptors (Lipinski definition) is 9. The van der Waals surface area contributed by atoms with Gasteiger partial charge in [-0.2, -0.15) is 0 Å². The Kier molecular flexibility index (Phi) is 6.03. The smallest absolute Gasteiger partial charge is 0.316 e. The van der Waals surface area contributed by atoms with Crippen LogP contribution in [-0.4, -0.2) is 71.7 Å². The summed E-state index contributed by atoms with van der Waals surface area (Å²) in [7, 11) is 0. The standard InChI is InChI=1S/C31H42O10/c1-14(2)8-21(33)38-22-23-25(34)31(40-24(22)26(39-23)41-31)37-13-29-11-18-16(5)6-7-19(18)28(12-32)10-17(29)9-20(15(3)4)30(28,29)27(35)36/h9,12,14-19,22-26,34H,6-8,10-11,13H2,1-5H3,(H,35,36). The van der Waals surface area contributed by atoms with E-state index in [2.05, 4.69) is 13.0 Å². The van der Waals surface area contributed by atoms with Gasteiger partial charge in [-0.1, -0.05) is 52.7 Å². The molecule has 226 valence electrons. The normalized spacial score (nSPS) is 51.9. The monoisotopic (exact) mass is 574 g/mol. The van der Waals surface area contributed by atoms with Gasteiger partial charge >= 0.3 is 17.9 Å². The third-order valence-corrected chi connectivity index (χ3v) is 12.0. The lowest BCUT2D eigenvalue weighted by molar-refractivity contribution is -0.447. The fraction of sp³-hybridized carbons (Fsp3) is 0.839. The van der Waals surface area contributed by atoms with Crippen LogP contribution in [0.25, 0.3) is 0 Å². The Bertz CT molecular complexity index is 1200. The molecule has 10 nitrogen and oxygen atoms in total. The van der Waals surface area contributed by atoms with E-state index < -0.39 is 64.9 Å². The summed E-state index contributed by atoms with van der Waals surface area (Å²) in [5.74, 6) is -2.77. The highest BCUT2D eigenvalue weighted by Crippen LogP contribution is 2.82. The molecule has 4 saturated heterocycles. The van der Waals surface area contributed by atoms with E-state index in [1.165, 1.54) is 0 Å². The summed E-state index contributed by atoms with van der Waals surface area (Å²) in [6.45, 7) is 9.98. The minimum atomic E-state index is -1.87. The molecule has 13 atom stereocenters. The first kappa shape index (κ1) is 28.0. The third-order valence-electron chi connectivity index (χ3n) is 12.0. The minimum absolute atomic E-state index is 0.01000. The Morgan fingerprint density at radius 3 is 2.56 bits per heavy atom. The van der Waals surface area contributed by atoms with E-state index in [0.717, 1.165) is 24.7 Å². The predicted molar refractivity (Wildman–Crippen MR) is 141 cm³/mol. The number of esters is 1. The van der Waals surface area contributed by atoms with E-state index in [4.69, 9.17) is 23.7 Å². The van der Waals surface area contributed by atoms with Crippen LogP contribution in [0.5, 0.6) is 0 Å². The van der Waals surface area contributed by atoms with Crippen molar-refractivity contribution in [3.8, 4) is 0 Å². The first-order chi connectivity index (χ1) is 19.4. The molecule has 10 heteroatoms. The zero-order valence-corrected chi connectivity index (χ0v) is 24.4. The molecule has 3 saturated carbocycles. The number of aliphatic carboxylic acids is 1. The lowest BCUT2D eigenvalue weighted by Gasteiger charge is -2.58. The van der Waals surface area contributed by atoms with Gasteiger partial charge in [0, 0.05) is 11.8 Å². The summed E-state index contributed by atoms with van der Waals surface area (Å²) >= 11 is 0. The SMILES string of the molecule is CC(C)CC(=O)OC1C2OC3(OCC45CC6C(C)CCC6C6(C=O)CC4C=C(C(C)C)C65C(=O)O)OC2OC1C3O. The van der Waals surface area contributed by atoms with Gasteiger partial charge in [0.15, 0.2) is 24.6 Å². The van der Waals surface area contributed by atoms with Gasteiger partial charge in [-0.15, -0.1) is 0 Å². The summed E-state index contributed by atoms with van der Waals surface area (Å²) in [5, 5.41) is 22.6. The largest absolute Gasteiger partial charge is 0.481 e. The molecule has 8 rings (SSSR count). The van der Waals surface area contributed by atoms with Gasteiger partial charge in [0.25, 0.3) is 0 Å². The van der Waals surface area contributed by atoms with Gasteiger partial charge in [-0.25, -0.2) is 0 Å². The van der Waals surface area contributed by atoms with Gasteiger partial charge in [0.05, 0.1) is 12.0 Å². The summed E-state index contributed by atoms with van der Waals surface area (Å²) in [5.41, 5.74) is -2.51. The molecule has 0 aromatic heterocycles. The van der Waals surface area contributed by atoms with Crippen molar-refractivity contribution in [1.82, 2.24) is 0 Å². The molecule has 4 aliphatic heterocycles. The Balaban J connectivity index is 1.22. The fourth-order valence-corrected chi connectivity index (χ4v) is 10.5. The highest BCUT2D eigenvalue weighted by Gasteiger charge is 2.85. The number of fused-ring (bicyclic) bond motifs is 2. The Morgan fingerprint density at radius 2 is 1.90 bits per heavy atom. The van der Waals surface area contributed by atoms with Crippen LogP contribution < -0.4 is 0 Å². The van der Waals surface area contributed by atoms with Gasteiger partial charge in [-0.3, -0.25) is 14.3 Å². The van der Waals surface area contributed by atoms with Crippen molar-refractivity contribution in [3.63, 3.8) is 0 Å². The topological polar surface area (TPSA) is 138 Å². The zero-order valence-electron chi connectivity index (χ0n) is 24.4. The second-order valence-corrected chi connectivity index (χ2v) is 14.5. The molecule has 4 heterocycles. The van der Waals surface area contributed by atoms with Gasteiger partial charge in [0.2, 0.25) is 0 Å². The number of carboxylic acid groups (broad SMARTS) is 1. The van der Waals surface area contributed by atoms with Crippen molar-refractivity contribution in [3.05, 3.63) is 11.6 Å². The average Bonchev–Trinajstić information content (AvgIpc) is 3.63. The molecule has 2 N–H and O–H groups in total. The second kappa shape index (κ2) is 8.85.